The van der Waals surface area contributed by atoms with Crippen LogP contribution in [0.1, 0.15) is 46.7 Å². The van der Waals surface area contributed by atoms with Crippen LogP contribution in [0.4, 0.5) is 0 Å². The van der Waals surface area contributed by atoms with Crippen LogP contribution in [-0.2, 0) is 0 Å². The van der Waals surface area contributed by atoms with Crippen molar-refractivity contribution in [3.05, 3.63) is 27.8 Å². The van der Waals surface area contributed by atoms with Crippen LogP contribution in [0.5, 0.6) is 0 Å². The fourth-order valence-electron chi connectivity index (χ4n) is 2.47. The van der Waals surface area contributed by atoms with E-state index in [1.165, 1.54) is 11.3 Å². The molecule has 1 saturated carbocycles. The third kappa shape index (κ3) is 1.75. The van der Waals surface area contributed by atoms with Gasteiger partial charge in [-0.25, -0.2) is 9.97 Å². The highest BCUT2D eigenvalue weighted by Gasteiger charge is 2.32. The van der Waals surface area contributed by atoms with Crippen molar-refractivity contribution in [2.75, 3.05) is 0 Å². The van der Waals surface area contributed by atoms with Gasteiger partial charge in [0.25, 0.3) is 0 Å². The van der Waals surface area contributed by atoms with Gasteiger partial charge in [-0.2, -0.15) is 0 Å². The van der Waals surface area contributed by atoms with Crippen molar-refractivity contribution in [3.8, 4) is 10.7 Å². The molecule has 0 N–H and O–H groups in total. The zero-order chi connectivity index (χ0) is 13.9. The molecular formula is C14H13N3OS2. The number of aromatic nitrogens is 3. The topological polar surface area (TPSA) is 47.3 Å². The predicted molar refractivity (Wildman–Crippen MR) is 80.9 cm³/mol. The zero-order valence-electron chi connectivity index (χ0n) is 11.2. The summed E-state index contributed by atoms with van der Waals surface area (Å²) >= 11 is 3.12. The van der Waals surface area contributed by atoms with Crippen molar-refractivity contribution >= 4 is 33.4 Å². The van der Waals surface area contributed by atoms with Crippen LogP contribution in [-0.4, -0.2) is 20.2 Å². The lowest BCUT2D eigenvalue weighted by molar-refractivity contribution is 0.102. The van der Waals surface area contributed by atoms with E-state index in [1.54, 1.807) is 18.3 Å². The van der Waals surface area contributed by atoms with Crippen molar-refractivity contribution in [2.45, 2.75) is 32.6 Å². The summed E-state index contributed by atoms with van der Waals surface area (Å²) in [4.78, 5) is 23.0. The molecule has 0 bridgehead atoms. The van der Waals surface area contributed by atoms with E-state index in [9.17, 15) is 4.79 Å². The smallest absolute Gasteiger partial charge is 0.194 e. The zero-order valence-corrected chi connectivity index (χ0v) is 12.8. The standard InChI is InChI=1S/C14H13N3OS2/c1-7-11(17-5-6-19-14(17)15-7)13-16-10(9-3-4-9)12(20-13)8(2)18/h5-6,9H,3-4H2,1-2H3. The van der Waals surface area contributed by atoms with Gasteiger partial charge in [0.2, 0.25) is 0 Å². The summed E-state index contributed by atoms with van der Waals surface area (Å²) in [6, 6.07) is 0. The molecule has 1 aliphatic carbocycles. The highest BCUT2D eigenvalue weighted by molar-refractivity contribution is 7.17. The monoisotopic (exact) mass is 303 g/mol. The van der Waals surface area contributed by atoms with Gasteiger partial charge in [-0.15, -0.1) is 22.7 Å². The third-order valence-corrected chi connectivity index (χ3v) is 5.51. The van der Waals surface area contributed by atoms with E-state index < -0.39 is 0 Å². The van der Waals surface area contributed by atoms with Gasteiger partial charge >= 0.3 is 0 Å². The lowest BCUT2D eigenvalue weighted by Crippen LogP contribution is -1.93. The number of Topliss-reactive ketones (excluding diaryl/α,β-unsaturated/α-hetero) is 1. The van der Waals surface area contributed by atoms with Crippen LogP contribution in [0.15, 0.2) is 11.6 Å². The Balaban J connectivity index is 1.93. The van der Waals surface area contributed by atoms with E-state index in [0.717, 1.165) is 44.8 Å². The number of hydrogen-bond donors (Lipinski definition) is 0. The Morgan fingerprint density at radius 2 is 2.20 bits per heavy atom. The fraction of sp³-hybridized carbons (Fsp3) is 0.357. The molecule has 0 amide bonds. The second-order valence-corrected chi connectivity index (χ2v) is 7.04. The third-order valence-electron chi connectivity index (χ3n) is 3.58. The van der Waals surface area contributed by atoms with Crippen LogP contribution in [0.25, 0.3) is 15.7 Å². The van der Waals surface area contributed by atoms with Crippen molar-refractivity contribution in [1.82, 2.24) is 14.4 Å². The first kappa shape index (κ1) is 12.2. The average molecular weight is 303 g/mol. The number of ketones is 1. The van der Waals surface area contributed by atoms with Crippen molar-refractivity contribution in [2.24, 2.45) is 0 Å². The van der Waals surface area contributed by atoms with Gasteiger partial charge in [-0.1, -0.05) is 0 Å². The molecule has 0 unspecified atom stereocenters. The minimum Gasteiger partial charge on any atom is -0.294 e. The maximum absolute atomic E-state index is 11.8. The van der Waals surface area contributed by atoms with E-state index in [1.807, 2.05) is 18.5 Å². The highest BCUT2D eigenvalue weighted by Crippen LogP contribution is 2.44. The quantitative estimate of drug-likeness (QED) is 0.689. The molecule has 1 fully saturated rings. The van der Waals surface area contributed by atoms with Gasteiger partial charge < -0.3 is 0 Å². The average Bonchev–Trinajstić information content (AvgIpc) is 2.86. The Morgan fingerprint density at radius 1 is 1.40 bits per heavy atom. The first-order valence-electron chi connectivity index (χ1n) is 6.59. The van der Waals surface area contributed by atoms with Gasteiger partial charge in [0.05, 0.1) is 16.3 Å². The number of hydrogen-bond acceptors (Lipinski definition) is 5. The number of thiazole rings is 2. The molecule has 0 aliphatic heterocycles. The van der Waals surface area contributed by atoms with Gasteiger partial charge in [0, 0.05) is 24.4 Å². The Labute approximate surface area is 124 Å². The number of aryl methyl sites for hydroxylation is 1. The molecule has 1 aliphatic rings. The molecule has 3 aromatic rings. The van der Waals surface area contributed by atoms with E-state index in [0.29, 0.717) is 5.92 Å². The molecule has 102 valence electrons. The summed E-state index contributed by atoms with van der Waals surface area (Å²) in [6.45, 7) is 3.63. The predicted octanol–water partition coefficient (Wildman–Crippen LogP) is 3.91. The molecular weight excluding hydrogens is 290 g/mol. The molecule has 6 heteroatoms. The van der Waals surface area contributed by atoms with Crippen molar-refractivity contribution < 1.29 is 4.79 Å². The number of nitrogens with zero attached hydrogens (tertiary/aromatic N) is 3. The van der Waals surface area contributed by atoms with Crippen LogP contribution < -0.4 is 0 Å². The lowest BCUT2D eigenvalue weighted by Gasteiger charge is -1.95. The molecule has 3 aromatic heterocycles. The second-order valence-electron chi connectivity index (χ2n) is 5.17. The number of rotatable bonds is 3. The minimum absolute atomic E-state index is 0.124. The molecule has 0 atom stereocenters. The maximum atomic E-state index is 11.8. The number of carbonyl (C=O) groups is 1. The van der Waals surface area contributed by atoms with Crippen LogP contribution >= 0.6 is 22.7 Å². The minimum atomic E-state index is 0.124. The number of imidazole rings is 1. The molecule has 4 rings (SSSR count). The van der Waals surface area contributed by atoms with Crippen LogP contribution in [0, 0.1) is 6.92 Å². The first-order valence-corrected chi connectivity index (χ1v) is 8.29. The molecule has 4 nitrogen and oxygen atoms in total. The van der Waals surface area contributed by atoms with E-state index >= 15 is 0 Å². The molecule has 0 spiro atoms. The summed E-state index contributed by atoms with van der Waals surface area (Å²) in [6.07, 6.45) is 4.33. The molecule has 0 saturated heterocycles. The van der Waals surface area contributed by atoms with Crippen LogP contribution in [0.2, 0.25) is 0 Å². The summed E-state index contributed by atoms with van der Waals surface area (Å²) in [5.41, 5.74) is 3.01. The molecule has 0 aromatic carbocycles. The Bertz CT molecular complexity index is 823. The Hall–Kier alpha value is -1.53. The summed E-state index contributed by atoms with van der Waals surface area (Å²) in [5, 5.41) is 2.94. The summed E-state index contributed by atoms with van der Waals surface area (Å²) < 4.78 is 2.07. The number of fused-ring (bicyclic) bond motifs is 1. The molecule has 3 heterocycles. The van der Waals surface area contributed by atoms with Gasteiger partial charge in [0.15, 0.2) is 10.7 Å². The van der Waals surface area contributed by atoms with Crippen molar-refractivity contribution in [1.29, 1.82) is 0 Å². The van der Waals surface area contributed by atoms with E-state index in [4.69, 9.17) is 4.98 Å². The fourth-order valence-corrected chi connectivity index (χ4v) is 4.37. The second kappa shape index (κ2) is 4.23. The Morgan fingerprint density at radius 3 is 2.90 bits per heavy atom. The maximum Gasteiger partial charge on any atom is 0.194 e. The van der Waals surface area contributed by atoms with Gasteiger partial charge in [-0.05, 0) is 19.8 Å². The summed E-state index contributed by atoms with van der Waals surface area (Å²) in [5.74, 6) is 0.615. The highest BCUT2D eigenvalue weighted by atomic mass is 32.1. The van der Waals surface area contributed by atoms with Crippen LogP contribution in [0.3, 0.4) is 0 Å². The normalized spacial score (nSPS) is 15.1. The molecule has 0 radical (unpaired) electrons. The lowest BCUT2D eigenvalue weighted by atomic mass is 10.2. The van der Waals surface area contributed by atoms with Gasteiger partial charge in [-0.3, -0.25) is 9.20 Å². The number of carbonyl (C=O) groups excluding carboxylic acids is 1. The largest absolute Gasteiger partial charge is 0.294 e. The summed E-state index contributed by atoms with van der Waals surface area (Å²) in [7, 11) is 0. The van der Waals surface area contributed by atoms with Crippen molar-refractivity contribution in [3.63, 3.8) is 0 Å². The van der Waals surface area contributed by atoms with E-state index in [2.05, 4.69) is 9.38 Å². The van der Waals surface area contributed by atoms with Gasteiger partial charge in [0.1, 0.15) is 10.7 Å². The SMILES string of the molecule is CC(=O)c1sc(-c2c(C)nc3sccn23)nc1C1CC1. The molecule has 20 heavy (non-hydrogen) atoms. The first-order chi connectivity index (χ1) is 9.65. The van der Waals surface area contributed by atoms with E-state index in [-0.39, 0.29) is 5.78 Å². The Kier molecular flexibility index (Phi) is 2.59.